The lowest BCUT2D eigenvalue weighted by Crippen LogP contribution is -2.13. The lowest BCUT2D eigenvalue weighted by molar-refractivity contribution is -0.142. The highest BCUT2D eigenvalue weighted by Gasteiger charge is 2.16. The molecule has 0 bridgehead atoms. The number of carbonyl (C=O) groups is 1. The molecule has 0 aliphatic carbocycles. The number of hydrogen-bond donors (Lipinski definition) is 1. The summed E-state index contributed by atoms with van der Waals surface area (Å²) in [6, 6.07) is 0. The van der Waals surface area contributed by atoms with Crippen molar-refractivity contribution >= 4 is 14.6 Å². The van der Waals surface area contributed by atoms with Gasteiger partial charge < -0.3 is 5.11 Å². The molecular weight excluding hydrogens is 351 g/mol. The molecule has 0 spiro atoms. The number of carboxylic acid groups (broad SMARTS) is 1. The lowest BCUT2D eigenvalue weighted by atomic mass is 9.96. The summed E-state index contributed by atoms with van der Waals surface area (Å²) < 4.78 is 0. The Morgan fingerprint density at radius 3 is 1.56 bits per heavy atom. The molecule has 27 heavy (non-hydrogen) atoms. The average molecular weight is 401 g/mol. The number of rotatable bonds is 22. The second-order valence-electron chi connectivity index (χ2n) is 8.31. The minimum absolute atomic E-state index is 0.0892. The van der Waals surface area contributed by atoms with Gasteiger partial charge >= 0.3 is 5.97 Å². The van der Waals surface area contributed by atoms with Gasteiger partial charge in [0.05, 0.1) is 5.92 Å². The van der Waals surface area contributed by atoms with Gasteiger partial charge in [0.15, 0.2) is 0 Å². The summed E-state index contributed by atoms with van der Waals surface area (Å²) >= 11 is 0. The molecule has 0 aliphatic heterocycles. The monoisotopic (exact) mass is 400 g/mol. The zero-order valence-electron chi connectivity index (χ0n) is 18.6. The van der Waals surface area contributed by atoms with E-state index in [0.29, 0.717) is 0 Å². The lowest BCUT2D eigenvalue weighted by Gasteiger charge is -2.12. The summed E-state index contributed by atoms with van der Waals surface area (Å²) in [7, 11) is 1.05. The molecular formula is C24H49O2P. The first kappa shape index (κ1) is 26.9. The molecule has 0 aliphatic rings. The number of carboxylic acids is 1. The number of hydrogen-bond acceptors (Lipinski definition) is 1. The Bertz CT molecular complexity index is 307. The summed E-state index contributed by atoms with van der Waals surface area (Å²) in [5.74, 6) is -0.658. The van der Waals surface area contributed by atoms with Crippen molar-refractivity contribution in [3.8, 4) is 0 Å². The standard InChI is InChI=1S/C24H49O2P/c1-3-5-7-9-10-11-12-13-14-15-17-21-27-22-18-20-23(24(25)26)19-16-8-6-4-2/h23,27H,3-22H2,1-2H3,(H,25,26). The second kappa shape index (κ2) is 22.2. The van der Waals surface area contributed by atoms with Crippen molar-refractivity contribution in [2.45, 2.75) is 129 Å². The van der Waals surface area contributed by atoms with Crippen LogP contribution in [0.3, 0.4) is 0 Å². The first-order valence-corrected chi connectivity index (χ1v) is 13.6. The van der Waals surface area contributed by atoms with Gasteiger partial charge in [0.1, 0.15) is 0 Å². The van der Waals surface area contributed by atoms with Gasteiger partial charge in [-0.25, -0.2) is 0 Å². The van der Waals surface area contributed by atoms with Crippen LogP contribution < -0.4 is 0 Å². The molecule has 1 N–H and O–H groups in total. The molecule has 0 saturated heterocycles. The molecule has 0 heterocycles. The molecule has 0 rings (SSSR count). The van der Waals surface area contributed by atoms with Crippen LogP contribution in [0.2, 0.25) is 0 Å². The maximum atomic E-state index is 11.3. The molecule has 0 saturated carbocycles. The molecule has 2 atom stereocenters. The van der Waals surface area contributed by atoms with Crippen LogP contribution in [-0.2, 0) is 4.79 Å². The van der Waals surface area contributed by atoms with Gasteiger partial charge in [0.2, 0.25) is 0 Å². The van der Waals surface area contributed by atoms with E-state index in [9.17, 15) is 9.90 Å². The minimum atomic E-state index is -0.569. The van der Waals surface area contributed by atoms with E-state index in [1.54, 1.807) is 0 Å². The van der Waals surface area contributed by atoms with E-state index in [1.165, 1.54) is 102 Å². The van der Waals surface area contributed by atoms with Gasteiger partial charge in [0, 0.05) is 0 Å². The van der Waals surface area contributed by atoms with E-state index in [-0.39, 0.29) is 5.92 Å². The third kappa shape index (κ3) is 20.4. The van der Waals surface area contributed by atoms with Crippen molar-refractivity contribution in [1.29, 1.82) is 0 Å². The molecule has 162 valence electrons. The zero-order chi connectivity index (χ0) is 20.0. The summed E-state index contributed by atoms with van der Waals surface area (Å²) in [6.07, 6.45) is 25.8. The van der Waals surface area contributed by atoms with E-state index in [1.807, 2.05) is 0 Å². The second-order valence-corrected chi connectivity index (χ2v) is 9.81. The molecule has 0 aromatic rings. The molecule has 0 amide bonds. The highest BCUT2D eigenvalue weighted by molar-refractivity contribution is 7.37. The fraction of sp³-hybridized carbons (Fsp3) is 0.958. The predicted octanol–water partition coefficient (Wildman–Crippen LogP) is 8.43. The van der Waals surface area contributed by atoms with Crippen molar-refractivity contribution in [3.63, 3.8) is 0 Å². The summed E-state index contributed by atoms with van der Waals surface area (Å²) in [5.41, 5.74) is 0. The van der Waals surface area contributed by atoms with Gasteiger partial charge in [0.25, 0.3) is 0 Å². The van der Waals surface area contributed by atoms with Crippen LogP contribution in [0.1, 0.15) is 129 Å². The quantitative estimate of drug-likeness (QED) is 0.146. The molecule has 2 nitrogen and oxygen atoms in total. The maximum absolute atomic E-state index is 11.3. The smallest absolute Gasteiger partial charge is 0.306 e. The van der Waals surface area contributed by atoms with Crippen LogP contribution in [-0.4, -0.2) is 23.4 Å². The largest absolute Gasteiger partial charge is 0.481 e. The van der Waals surface area contributed by atoms with Gasteiger partial charge in [-0.3, -0.25) is 4.79 Å². The summed E-state index contributed by atoms with van der Waals surface area (Å²) in [6.45, 7) is 4.48. The minimum Gasteiger partial charge on any atom is -0.481 e. The Morgan fingerprint density at radius 2 is 1.04 bits per heavy atom. The first-order chi connectivity index (χ1) is 13.2. The van der Waals surface area contributed by atoms with Crippen molar-refractivity contribution in [3.05, 3.63) is 0 Å². The third-order valence-corrected chi connectivity index (χ3v) is 7.03. The Kier molecular flexibility index (Phi) is 22.1. The van der Waals surface area contributed by atoms with Gasteiger partial charge in [-0.1, -0.05) is 104 Å². The van der Waals surface area contributed by atoms with E-state index in [0.717, 1.165) is 34.3 Å². The van der Waals surface area contributed by atoms with Crippen LogP contribution in [0, 0.1) is 5.92 Å². The molecule has 0 radical (unpaired) electrons. The average Bonchev–Trinajstić information content (AvgIpc) is 2.66. The van der Waals surface area contributed by atoms with E-state index in [2.05, 4.69) is 13.8 Å². The zero-order valence-corrected chi connectivity index (χ0v) is 19.6. The maximum Gasteiger partial charge on any atom is 0.306 e. The molecule has 0 aromatic carbocycles. The van der Waals surface area contributed by atoms with Crippen LogP contribution >= 0.6 is 8.58 Å². The van der Waals surface area contributed by atoms with E-state index >= 15 is 0 Å². The van der Waals surface area contributed by atoms with E-state index < -0.39 is 5.97 Å². The predicted molar refractivity (Wildman–Crippen MR) is 124 cm³/mol. The van der Waals surface area contributed by atoms with Crippen molar-refractivity contribution in [2.75, 3.05) is 12.3 Å². The van der Waals surface area contributed by atoms with Crippen molar-refractivity contribution in [1.82, 2.24) is 0 Å². The molecule has 0 aromatic heterocycles. The van der Waals surface area contributed by atoms with Gasteiger partial charge in [-0.2, -0.15) is 0 Å². The fourth-order valence-electron chi connectivity index (χ4n) is 3.72. The number of aliphatic carboxylic acids is 1. The Hall–Kier alpha value is -0.100. The molecule has 2 unspecified atom stereocenters. The van der Waals surface area contributed by atoms with Crippen LogP contribution in [0.5, 0.6) is 0 Å². The Labute approximate surface area is 172 Å². The summed E-state index contributed by atoms with van der Waals surface area (Å²) in [4.78, 5) is 11.3. The third-order valence-electron chi connectivity index (χ3n) is 5.62. The SMILES string of the molecule is CCCCCCCCCCCCCPCCCC(CCCCCC)C(=O)O. The van der Waals surface area contributed by atoms with Crippen LogP contribution in [0.4, 0.5) is 0 Å². The number of unbranched alkanes of at least 4 members (excludes halogenated alkanes) is 13. The Balaban J connectivity index is 3.31. The molecule has 0 fully saturated rings. The normalized spacial score (nSPS) is 12.8. The fourth-order valence-corrected chi connectivity index (χ4v) is 4.93. The first-order valence-electron chi connectivity index (χ1n) is 12.2. The topological polar surface area (TPSA) is 37.3 Å². The van der Waals surface area contributed by atoms with Crippen LogP contribution in [0.25, 0.3) is 0 Å². The van der Waals surface area contributed by atoms with Crippen molar-refractivity contribution < 1.29 is 9.90 Å². The van der Waals surface area contributed by atoms with Crippen molar-refractivity contribution in [2.24, 2.45) is 5.92 Å². The van der Waals surface area contributed by atoms with Crippen LogP contribution in [0.15, 0.2) is 0 Å². The Morgan fingerprint density at radius 1 is 0.630 bits per heavy atom. The van der Waals surface area contributed by atoms with E-state index in [4.69, 9.17) is 0 Å². The van der Waals surface area contributed by atoms with Gasteiger partial charge in [-0.15, -0.1) is 8.58 Å². The summed E-state index contributed by atoms with van der Waals surface area (Å²) in [5, 5.41) is 9.35. The molecule has 3 heteroatoms. The highest BCUT2D eigenvalue weighted by atomic mass is 31.1. The van der Waals surface area contributed by atoms with Gasteiger partial charge in [-0.05, 0) is 38.0 Å². The highest BCUT2D eigenvalue weighted by Crippen LogP contribution is 2.21.